The van der Waals surface area contributed by atoms with Crippen molar-refractivity contribution in [2.75, 3.05) is 26.9 Å². The van der Waals surface area contributed by atoms with E-state index >= 15 is 0 Å². The van der Waals surface area contributed by atoms with Gasteiger partial charge in [-0.1, -0.05) is 19.9 Å². The highest BCUT2D eigenvalue weighted by Gasteiger charge is 2.10. The van der Waals surface area contributed by atoms with Gasteiger partial charge in [0.2, 0.25) is 0 Å². The minimum atomic E-state index is 0.402. The lowest BCUT2D eigenvalue weighted by atomic mass is 10.0. The van der Waals surface area contributed by atoms with Gasteiger partial charge in [0.25, 0.3) is 0 Å². The number of ether oxygens (including phenoxy) is 2. The van der Waals surface area contributed by atoms with E-state index in [2.05, 4.69) is 47.2 Å². The smallest absolute Gasteiger partial charge is 0.133 e. The second kappa shape index (κ2) is 8.51. The fourth-order valence-corrected chi connectivity index (χ4v) is 2.34. The number of halogens is 1. The molecule has 0 saturated heterocycles. The average molecular weight is 316 g/mol. The molecule has 0 amide bonds. The predicted octanol–water partition coefficient (Wildman–Crippen LogP) is 3.53. The Hall–Kier alpha value is -0.580. The lowest BCUT2D eigenvalue weighted by Gasteiger charge is -2.17. The number of nitrogens with one attached hydrogen (secondary N) is 1. The van der Waals surface area contributed by atoms with Crippen LogP contribution in [0.2, 0.25) is 0 Å². The molecule has 0 aliphatic heterocycles. The highest BCUT2D eigenvalue weighted by molar-refractivity contribution is 9.10. The van der Waals surface area contributed by atoms with E-state index in [1.165, 1.54) is 5.56 Å². The zero-order chi connectivity index (χ0) is 13.4. The van der Waals surface area contributed by atoms with Crippen LogP contribution in [0.3, 0.4) is 0 Å². The molecular weight excluding hydrogens is 294 g/mol. The molecule has 3 nitrogen and oxygen atoms in total. The molecule has 0 radical (unpaired) electrons. The zero-order valence-electron chi connectivity index (χ0n) is 11.3. The van der Waals surface area contributed by atoms with Gasteiger partial charge in [0.1, 0.15) is 12.4 Å². The van der Waals surface area contributed by atoms with Crippen LogP contribution in [-0.2, 0) is 4.74 Å². The van der Waals surface area contributed by atoms with Crippen LogP contribution < -0.4 is 10.1 Å². The van der Waals surface area contributed by atoms with E-state index in [1.807, 2.05) is 6.07 Å². The monoisotopic (exact) mass is 315 g/mol. The van der Waals surface area contributed by atoms with Crippen LogP contribution in [0, 0.1) is 0 Å². The van der Waals surface area contributed by atoms with Crippen LogP contribution >= 0.6 is 15.9 Å². The molecule has 1 N–H and O–H groups in total. The van der Waals surface area contributed by atoms with E-state index in [9.17, 15) is 0 Å². The summed E-state index contributed by atoms with van der Waals surface area (Å²) in [4.78, 5) is 0. The van der Waals surface area contributed by atoms with Gasteiger partial charge in [-0.15, -0.1) is 0 Å². The van der Waals surface area contributed by atoms with Crippen molar-refractivity contribution >= 4 is 15.9 Å². The molecule has 1 aromatic carbocycles. The first kappa shape index (κ1) is 15.5. The maximum atomic E-state index is 5.61. The van der Waals surface area contributed by atoms with Gasteiger partial charge in [0.15, 0.2) is 0 Å². The summed E-state index contributed by atoms with van der Waals surface area (Å²) in [5, 5.41) is 3.47. The Labute approximate surface area is 118 Å². The van der Waals surface area contributed by atoms with Gasteiger partial charge in [-0.25, -0.2) is 0 Å². The highest BCUT2D eigenvalue weighted by atomic mass is 79.9. The Morgan fingerprint density at radius 3 is 2.61 bits per heavy atom. The molecule has 0 aliphatic carbocycles. The number of benzene rings is 1. The normalized spacial score (nSPS) is 12.4. The van der Waals surface area contributed by atoms with Gasteiger partial charge in [0, 0.05) is 13.2 Å². The Morgan fingerprint density at radius 1 is 1.28 bits per heavy atom. The summed E-state index contributed by atoms with van der Waals surface area (Å²) < 4.78 is 11.6. The van der Waals surface area contributed by atoms with Crippen molar-refractivity contribution in [2.45, 2.75) is 26.3 Å². The Kier molecular flexibility index (Phi) is 7.32. The summed E-state index contributed by atoms with van der Waals surface area (Å²) in [7, 11) is 1.67. The van der Waals surface area contributed by atoms with Crippen LogP contribution in [-0.4, -0.2) is 26.9 Å². The van der Waals surface area contributed by atoms with Crippen molar-refractivity contribution in [1.82, 2.24) is 5.32 Å². The third-order valence-corrected chi connectivity index (χ3v) is 3.38. The molecule has 1 atom stereocenters. The first-order chi connectivity index (χ1) is 8.72. The first-order valence-electron chi connectivity index (χ1n) is 6.37. The summed E-state index contributed by atoms with van der Waals surface area (Å²) in [6.07, 6.45) is 1.07. The first-order valence-corrected chi connectivity index (χ1v) is 7.16. The molecule has 102 valence electrons. The average Bonchev–Trinajstić information content (AvgIpc) is 2.38. The molecule has 18 heavy (non-hydrogen) atoms. The molecule has 4 heteroatoms. The summed E-state index contributed by atoms with van der Waals surface area (Å²) >= 11 is 3.55. The Morgan fingerprint density at radius 2 is 2.06 bits per heavy atom. The number of rotatable bonds is 8. The number of methoxy groups -OCH3 is 1. The molecule has 0 fully saturated rings. The third kappa shape index (κ3) is 4.59. The molecule has 0 saturated carbocycles. The maximum absolute atomic E-state index is 5.61. The van der Waals surface area contributed by atoms with E-state index in [1.54, 1.807) is 7.11 Å². The molecule has 1 rings (SSSR count). The standard InChI is InChI=1S/C14H22BrNO2/c1-4-13(16-5-2)11-6-7-14(12(15)10-11)18-9-8-17-3/h6-7,10,13,16H,4-5,8-9H2,1-3H3. The summed E-state index contributed by atoms with van der Waals surface area (Å²) in [5.74, 6) is 0.863. The van der Waals surface area contributed by atoms with Crippen molar-refractivity contribution in [3.05, 3.63) is 28.2 Å². The lowest BCUT2D eigenvalue weighted by Crippen LogP contribution is -2.20. The SMILES string of the molecule is CCNC(CC)c1ccc(OCCOC)c(Br)c1. The highest BCUT2D eigenvalue weighted by Crippen LogP contribution is 2.29. The molecule has 0 aliphatic rings. The van der Waals surface area contributed by atoms with E-state index in [0.29, 0.717) is 19.3 Å². The fraction of sp³-hybridized carbons (Fsp3) is 0.571. The van der Waals surface area contributed by atoms with E-state index < -0.39 is 0 Å². The topological polar surface area (TPSA) is 30.5 Å². The van der Waals surface area contributed by atoms with Gasteiger partial charge >= 0.3 is 0 Å². The van der Waals surface area contributed by atoms with Gasteiger partial charge < -0.3 is 14.8 Å². The molecule has 1 unspecified atom stereocenters. The molecule has 0 spiro atoms. The van der Waals surface area contributed by atoms with Crippen molar-refractivity contribution < 1.29 is 9.47 Å². The van der Waals surface area contributed by atoms with E-state index in [-0.39, 0.29) is 0 Å². The van der Waals surface area contributed by atoms with Crippen LogP contribution in [0.1, 0.15) is 31.9 Å². The molecule has 0 aromatic heterocycles. The van der Waals surface area contributed by atoms with Gasteiger partial charge in [-0.3, -0.25) is 0 Å². The van der Waals surface area contributed by atoms with Gasteiger partial charge in [0.05, 0.1) is 11.1 Å². The quantitative estimate of drug-likeness (QED) is 0.744. The van der Waals surface area contributed by atoms with Gasteiger partial charge in [-0.05, 0) is 46.6 Å². The van der Waals surface area contributed by atoms with Gasteiger partial charge in [-0.2, -0.15) is 0 Å². The van der Waals surface area contributed by atoms with Crippen molar-refractivity contribution in [1.29, 1.82) is 0 Å². The van der Waals surface area contributed by atoms with Crippen LogP contribution in [0.25, 0.3) is 0 Å². The summed E-state index contributed by atoms with van der Waals surface area (Å²) in [6, 6.07) is 6.65. The Balaban J connectivity index is 2.71. The van der Waals surface area contributed by atoms with Crippen molar-refractivity contribution in [2.24, 2.45) is 0 Å². The molecule has 0 bridgehead atoms. The summed E-state index contributed by atoms with van der Waals surface area (Å²) in [5.41, 5.74) is 1.28. The third-order valence-electron chi connectivity index (χ3n) is 2.76. The minimum Gasteiger partial charge on any atom is -0.490 e. The lowest BCUT2D eigenvalue weighted by molar-refractivity contribution is 0.146. The number of hydrogen-bond donors (Lipinski definition) is 1. The number of hydrogen-bond acceptors (Lipinski definition) is 3. The van der Waals surface area contributed by atoms with E-state index in [0.717, 1.165) is 23.2 Å². The van der Waals surface area contributed by atoms with Crippen LogP contribution in [0.5, 0.6) is 5.75 Å². The Bertz CT molecular complexity index is 358. The largest absolute Gasteiger partial charge is 0.490 e. The van der Waals surface area contributed by atoms with Crippen molar-refractivity contribution in [3.8, 4) is 5.75 Å². The minimum absolute atomic E-state index is 0.402. The van der Waals surface area contributed by atoms with E-state index in [4.69, 9.17) is 9.47 Å². The predicted molar refractivity (Wildman–Crippen MR) is 78.2 cm³/mol. The second-order valence-corrected chi connectivity index (χ2v) is 4.90. The zero-order valence-corrected chi connectivity index (χ0v) is 12.9. The molecule has 1 aromatic rings. The van der Waals surface area contributed by atoms with Crippen LogP contribution in [0.15, 0.2) is 22.7 Å². The fourth-order valence-electron chi connectivity index (χ4n) is 1.83. The van der Waals surface area contributed by atoms with Crippen molar-refractivity contribution in [3.63, 3.8) is 0 Å². The summed E-state index contributed by atoms with van der Waals surface area (Å²) in [6.45, 7) is 6.45. The molecule has 0 heterocycles. The maximum Gasteiger partial charge on any atom is 0.133 e. The molecular formula is C14H22BrNO2. The second-order valence-electron chi connectivity index (χ2n) is 4.05. The van der Waals surface area contributed by atoms with Crippen LogP contribution in [0.4, 0.5) is 0 Å².